The van der Waals surface area contributed by atoms with Gasteiger partial charge in [0.15, 0.2) is 0 Å². The molecule has 0 aliphatic carbocycles. The highest BCUT2D eigenvalue weighted by Gasteiger charge is 2.29. The Balaban J connectivity index is 2.03. The highest BCUT2D eigenvalue weighted by molar-refractivity contribution is 5.32. The second-order valence-electron chi connectivity index (χ2n) is 4.95. The van der Waals surface area contributed by atoms with Gasteiger partial charge < -0.3 is 9.88 Å². The monoisotopic (exact) mass is 297 g/mol. The number of benzene rings is 1. The van der Waals surface area contributed by atoms with Crippen LogP contribution < -0.4 is 5.32 Å². The van der Waals surface area contributed by atoms with Gasteiger partial charge in [-0.25, -0.2) is 4.98 Å². The summed E-state index contributed by atoms with van der Waals surface area (Å²) in [7, 11) is 0. The third-order valence-corrected chi connectivity index (χ3v) is 3.09. The molecule has 0 fully saturated rings. The van der Waals surface area contributed by atoms with E-state index in [0.717, 1.165) is 42.3 Å². The number of hydrogen-bond donors (Lipinski definition) is 1. The Hall–Kier alpha value is -1.98. The van der Waals surface area contributed by atoms with E-state index < -0.39 is 11.7 Å². The molecular formula is C15H18F3N3. The van der Waals surface area contributed by atoms with Crippen molar-refractivity contribution >= 4 is 5.95 Å². The lowest BCUT2D eigenvalue weighted by Gasteiger charge is -2.10. The minimum atomic E-state index is -4.29. The first-order chi connectivity index (χ1) is 9.90. The zero-order valence-electron chi connectivity index (χ0n) is 12.0. The number of aromatic nitrogens is 2. The first kappa shape index (κ1) is 15.4. The Morgan fingerprint density at radius 2 is 1.86 bits per heavy atom. The predicted molar refractivity (Wildman–Crippen MR) is 76.0 cm³/mol. The largest absolute Gasteiger partial charge is 0.416 e. The van der Waals surface area contributed by atoms with Crippen molar-refractivity contribution in [1.82, 2.24) is 9.55 Å². The van der Waals surface area contributed by atoms with Crippen LogP contribution in [0.4, 0.5) is 19.1 Å². The summed E-state index contributed by atoms with van der Waals surface area (Å²) in [6.45, 7) is 5.29. The standard InChI is InChI=1S/C15H18F3N3/c1-3-8-21-10-11(2)20-14(21)19-9-12-4-6-13(7-5-12)15(16,17)18/h4-7,10H,3,8-9H2,1-2H3,(H,19,20). The maximum atomic E-state index is 12.5. The van der Waals surface area contributed by atoms with Crippen LogP contribution in [0.15, 0.2) is 30.5 Å². The van der Waals surface area contributed by atoms with Crippen LogP contribution in [0.1, 0.15) is 30.2 Å². The van der Waals surface area contributed by atoms with Crippen molar-refractivity contribution in [2.45, 2.75) is 39.5 Å². The molecule has 1 aromatic carbocycles. The third kappa shape index (κ3) is 4.00. The van der Waals surface area contributed by atoms with E-state index >= 15 is 0 Å². The molecule has 0 aliphatic rings. The lowest BCUT2D eigenvalue weighted by atomic mass is 10.1. The fourth-order valence-corrected chi connectivity index (χ4v) is 2.09. The van der Waals surface area contributed by atoms with Crippen molar-refractivity contribution in [3.05, 3.63) is 47.3 Å². The van der Waals surface area contributed by atoms with Crippen molar-refractivity contribution in [2.24, 2.45) is 0 Å². The van der Waals surface area contributed by atoms with Crippen molar-refractivity contribution in [2.75, 3.05) is 5.32 Å². The van der Waals surface area contributed by atoms with Gasteiger partial charge in [0.2, 0.25) is 5.95 Å². The van der Waals surface area contributed by atoms with E-state index in [1.165, 1.54) is 12.1 Å². The lowest BCUT2D eigenvalue weighted by Crippen LogP contribution is -2.08. The Morgan fingerprint density at radius 1 is 1.19 bits per heavy atom. The van der Waals surface area contributed by atoms with Gasteiger partial charge in [-0.15, -0.1) is 0 Å². The Labute approximate surface area is 121 Å². The van der Waals surface area contributed by atoms with Gasteiger partial charge in [0, 0.05) is 19.3 Å². The number of imidazole rings is 1. The highest BCUT2D eigenvalue weighted by Crippen LogP contribution is 2.29. The van der Waals surface area contributed by atoms with Gasteiger partial charge in [0.05, 0.1) is 11.3 Å². The average molecular weight is 297 g/mol. The number of hydrogen-bond acceptors (Lipinski definition) is 2. The number of halogens is 3. The molecule has 114 valence electrons. The molecule has 0 atom stereocenters. The average Bonchev–Trinajstić information content (AvgIpc) is 2.76. The molecule has 1 aromatic heterocycles. The molecule has 0 amide bonds. The SMILES string of the molecule is CCCn1cc(C)nc1NCc1ccc(C(F)(F)F)cc1. The van der Waals surface area contributed by atoms with Crippen LogP contribution in [0.5, 0.6) is 0 Å². The van der Waals surface area contributed by atoms with E-state index in [1.807, 2.05) is 17.7 Å². The molecule has 2 rings (SSSR count). The van der Waals surface area contributed by atoms with Crippen LogP contribution in [0.3, 0.4) is 0 Å². The molecule has 0 saturated carbocycles. The maximum absolute atomic E-state index is 12.5. The number of nitrogens with zero attached hydrogens (tertiary/aromatic N) is 2. The second-order valence-corrected chi connectivity index (χ2v) is 4.95. The number of rotatable bonds is 5. The quantitative estimate of drug-likeness (QED) is 0.895. The van der Waals surface area contributed by atoms with Gasteiger partial charge in [0.25, 0.3) is 0 Å². The number of aryl methyl sites for hydroxylation is 2. The first-order valence-corrected chi connectivity index (χ1v) is 6.84. The minimum absolute atomic E-state index is 0.443. The molecule has 0 spiro atoms. The predicted octanol–water partition coefficient (Wildman–Crippen LogP) is 4.23. The normalized spacial score (nSPS) is 11.7. The van der Waals surface area contributed by atoms with Crippen LogP contribution >= 0.6 is 0 Å². The Morgan fingerprint density at radius 3 is 2.43 bits per heavy atom. The Kier molecular flexibility index (Phi) is 4.55. The molecule has 0 saturated heterocycles. The van der Waals surface area contributed by atoms with E-state index in [4.69, 9.17) is 0 Å². The molecule has 0 aliphatic heterocycles. The highest BCUT2D eigenvalue weighted by atomic mass is 19.4. The number of nitrogens with one attached hydrogen (secondary N) is 1. The van der Waals surface area contributed by atoms with Gasteiger partial charge >= 0.3 is 6.18 Å². The topological polar surface area (TPSA) is 29.9 Å². The zero-order valence-corrected chi connectivity index (χ0v) is 12.0. The third-order valence-electron chi connectivity index (χ3n) is 3.09. The number of alkyl halides is 3. The van der Waals surface area contributed by atoms with Crippen LogP contribution in [-0.4, -0.2) is 9.55 Å². The second kappa shape index (κ2) is 6.20. The first-order valence-electron chi connectivity index (χ1n) is 6.84. The van der Waals surface area contributed by atoms with Gasteiger partial charge in [-0.3, -0.25) is 0 Å². The molecule has 0 bridgehead atoms. The molecule has 3 nitrogen and oxygen atoms in total. The summed E-state index contributed by atoms with van der Waals surface area (Å²) in [4.78, 5) is 4.37. The van der Waals surface area contributed by atoms with Gasteiger partial charge in [0.1, 0.15) is 0 Å². The molecule has 1 N–H and O–H groups in total. The van der Waals surface area contributed by atoms with E-state index in [2.05, 4.69) is 17.2 Å². The molecule has 0 radical (unpaired) electrons. The summed E-state index contributed by atoms with van der Waals surface area (Å²) in [5, 5.41) is 3.16. The summed E-state index contributed by atoms with van der Waals surface area (Å²) in [6, 6.07) is 5.16. The maximum Gasteiger partial charge on any atom is 0.416 e. The van der Waals surface area contributed by atoms with Crippen molar-refractivity contribution in [3.8, 4) is 0 Å². The van der Waals surface area contributed by atoms with E-state index in [0.29, 0.717) is 6.54 Å². The van der Waals surface area contributed by atoms with Gasteiger partial charge in [-0.2, -0.15) is 13.2 Å². The van der Waals surface area contributed by atoms with E-state index in [-0.39, 0.29) is 0 Å². The molecule has 0 unspecified atom stereocenters. The summed E-state index contributed by atoms with van der Waals surface area (Å²) < 4.78 is 39.5. The van der Waals surface area contributed by atoms with Crippen LogP contribution in [-0.2, 0) is 19.3 Å². The molecule has 6 heteroatoms. The van der Waals surface area contributed by atoms with Crippen molar-refractivity contribution < 1.29 is 13.2 Å². The fraction of sp³-hybridized carbons (Fsp3) is 0.400. The van der Waals surface area contributed by atoms with Crippen LogP contribution in [0, 0.1) is 6.92 Å². The van der Waals surface area contributed by atoms with Crippen LogP contribution in [0.2, 0.25) is 0 Å². The lowest BCUT2D eigenvalue weighted by molar-refractivity contribution is -0.137. The molecular weight excluding hydrogens is 279 g/mol. The Bertz CT molecular complexity index is 585. The summed E-state index contributed by atoms with van der Waals surface area (Å²) in [6.07, 6.45) is -1.34. The van der Waals surface area contributed by atoms with E-state index in [1.54, 1.807) is 0 Å². The summed E-state index contributed by atoms with van der Waals surface area (Å²) in [5.41, 5.74) is 1.07. The summed E-state index contributed by atoms with van der Waals surface area (Å²) >= 11 is 0. The van der Waals surface area contributed by atoms with E-state index in [9.17, 15) is 13.2 Å². The van der Waals surface area contributed by atoms with Crippen molar-refractivity contribution in [3.63, 3.8) is 0 Å². The summed E-state index contributed by atoms with van der Waals surface area (Å²) in [5.74, 6) is 0.745. The fourth-order valence-electron chi connectivity index (χ4n) is 2.09. The zero-order chi connectivity index (χ0) is 15.5. The van der Waals surface area contributed by atoms with Gasteiger partial charge in [-0.05, 0) is 31.0 Å². The van der Waals surface area contributed by atoms with Crippen molar-refractivity contribution in [1.29, 1.82) is 0 Å². The smallest absolute Gasteiger partial charge is 0.352 e. The number of anilines is 1. The van der Waals surface area contributed by atoms with Crippen LogP contribution in [0.25, 0.3) is 0 Å². The van der Waals surface area contributed by atoms with Gasteiger partial charge in [-0.1, -0.05) is 19.1 Å². The molecule has 21 heavy (non-hydrogen) atoms. The molecule has 1 heterocycles. The molecule has 2 aromatic rings. The minimum Gasteiger partial charge on any atom is -0.352 e.